The van der Waals surface area contributed by atoms with Crippen molar-refractivity contribution in [3.8, 4) is 0 Å². The highest BCUT2D eigenvalue weighted by Gasteiger charge is 2.39. The monoisotopic (exact) mass is 330 g/mol. The van der Waals surface area contributed by atoms with E-state index in [0.29, 0.717) is 0 Å². The Kier molecular flexibility index (Phi) is 6.25. The molecule has 0 heterocycles. The van der Waals surface area contributed by atoms with Gasteiger partial charge in [-0.3, -0.25) is 0 Å². The first-order chi connectivity index (χ1) is 11.3. The van der Waals surface area contributed by atoms with E-state index in [1.54, 1.807) is 0 Å². The van der Waals surface area contributed by atoms with Gasteiger partial charge in [-0.25, -0.2) is 0 Å². The highest BCUT2D eigenvalue weighted by atomic mass is 16.5. The normalized spacial score (nSPS) is 16.6. The molecule has 1 aromatic rings. The van der Waals surface area contributed by atoms with Crippen molar-refractivity contribution in [3.05, 3.63) is 59.9 Å². The van der Waals surface area contributed by atoms with Crippen LogP contribution in [-0.2, 0) is 14.9 Å². The van der Waals surface area contributed by atoms with E-state index in [2.05, 4.69) is 52.0 Å². The summed E-state index contributed by atoms with van der Waals surface area (Å²) < 4.78 is 11.7. The maximum Gasteiger partial charge on any atom is 0.116 e. The van der Waals surface area contributed by atoms with Gasteiger partial charge in [0.25, 0.3) is 0 Å². The second-order valence-corrected chi connectivity index (χ2v) is 7.36. The third-order valence-electron chi connectivity index (χ3n) is 5.04. The molecule has 132 valence electrons. The number of ether oxygens (including phenoxy) is 2. The average molecular weight is 330 g/mol. The van der Waals surface area contributed by atoms with Gasteiger partial charge in [0.2, 0.25) is 0 Å². The van der Waals surface area contributed by atoms with Crippen LogP contribution in [0.4, 0.5) is 0 Å². The number of hydrogen-bond donors (Lipinski definition) is 1. The zero-order valence-electron chi connectivity index (χ0n) is 15.3. The van der Waals surface area contributed by atoms with Crippen LogP contribution in [0.15, 0.2) is 54.3 Å². The van der Waals surface area contributed by atoms with Gasteiger partial charge in [-0.1, -0.05) is 50.3 Å². The van der Waals surface area contributed by atoms with Crippen molar-refractivity contribution in [2.75, 3.05) is 13.2 Å². The van der Waals surface area contributed by atoms with E-state index in [-0.39, 0.29) is 18.6 Å². The van der Waals surface area contributed by atoms with Gasteiger partial charge in [-0.05, 0) is 44.4 Å². The van der Waals surface area contributed by atoms with Crippen molar-refractivity contribution in [2.45, 2.75) is 57.7 Å². The molecule has 1 atom stereocenters. The maximum absolute atomic E-state index is 10.2. The van der Waals surface area contributed by atoms with Gasteiger partial charge < -0.3 is 14.6 Å². The number of aliphatic hydroxyl groups is 1. The molecule has 0 radical (unpaired) electrons. The van der Waals surface area contributed by atoms with Gasteiger partial charge in [0, 0.05) is 5.41 Å². The third-order valence-corrected chi connectivity index (χ3v) is 5.04. The standard InChI is InChI=1S/C21H30O3/c1-20(2,17-11-7-5-8-12-17)21(3,4)24-16-18(22)15-23-19-13-9-6-10-14-19/h5,7-9,11-14,18,22H,6,10,15-16H2,1-4H3. The highest BCUT2D eigenvalue weighted by Crippen LogP contribution is 2.37. The largest absolute Gasteiger partial charge is 0.491 e. The van der Waals surface area contributed by atoms with Gasteiger partial charge in [-0.2, -0.15) is 0 Å². The minimum absolute atomic E-state index is 0.177. The lowest BCUT2D eigenvalue weighted by molar-refractivity contribution is -0.104. The lowest BCUT2D eigenvalue weighted by atomic mass is 9.72. The van der Waals surface area contributed by atoms with Crippen LogP contribution in [0, 0.1) is 0 Å². The molecule has 24 heavy (non-hydrogen) atoms. The molecule has 3 heteroatoms. The van der Waals surface area contributed by atoms with Crippen LogP contribution in [0.5, 0.6) is 0 Å². The molecule has 1 N–H and O–H groups in total. The van der Waals surface area contributed by atoms with Crippen LogP contribution < -0.4 is 0 Å². The molecule has 0 saturated heterocycles. The Labute approximate surface area is 146 Å². The van der Waals surface area contributed by atoms with E-state index in [0.717, 1.165) is 18.6 Å². The number of allylic oxidation sites excluding steroid dienone is 3. The van der Waals surface area contributed by atoms with Crippen molar-refractivity contribution < 1.29 is 14.6 Å². The molecule has 0 saturated carbocycles. The summed E-state index contributed by atoms with van der Waals surface area (Å²) in [5.41, 5.74) is 0.626. The molecule has 1 aromatic carbocycles. The van der Waals surface area contributed by atoms with Gasteiger partial charge in [0.1, 0.15) is 18.5 Å². The summed E-state index contributed by atoms with van der Waals surface area (Å²) in [6.45, 7) is 8.98. The second kappa shape index (κ2) is 8.00. The fraction of sp³-hybridized carbons (Fsp3) is 0.524. The molecule has 0 spiro atoms. The quantitative estimate of drug-likeness (QED) is 0.769. The van der Waals surface area contributed by atoms with Gasteiger partial charge in [0.15, 0.2) is 0 Å². The minimum Gasteiger partial charge on any atom is -0.491 e. The van der Waals surface area contributed by atoms with Gasteiger partial charge in [-0.15, -0.1) is 0 Å². The van der Waals surface area contributed by atoms with Crippen LogP contribution in [0.2, 0.25) is 0 Å². The summed E-state index contributed by atoms with van der Waals surface area (Å²) in [4.78, 5) is 0. The highest BCUT2D eigenvalue weighted by molar-refractivity contribution is 5.27. The van der Waals surface area contributed by atoms with E-state index >= 15 is 0 Å². The van der Waals surface area contributed by atoms with Crippen LogP contribution >= 0.6 is 0 Å². The summed E-state index contributed by atoms with van der Waals surface area (Å²) in [6.07, 6.45) is 7.50. The molecule has 0 bridgehead atoms. The molecule has 2 rings (SSSR count). The molecular formula is C21H30O3. The molecule has 1 unspecified atom stereocenters. The fourth-order valence-electron chi connectivity index (χ4n) is 2.62. The zero-order chi connectivity index (χ0) is 17.6. The van der Waals surface area contributed by atoms with Crippen molar-refractivity contribution >= 4 is 0 Å². The van der Waals surface area contributed by atoms with E-state index in [4.69, 9.17) is 9.47 Å². The number of aliphatic hydroxyl groups excluding tert-OH is 1. The van der Waals surface area contributed by atoms with Gasteiger partial charge in [0.05, 0.1) is 12.2 Å². The molecule has 0 amide bonds. The smallest absolute Gasteiger partial charge is 0.116 e. The minimum atomic E-state index is -0.646. The van der Waals surface area contributed by atoms with Crippen molar-refractivity contribution in [1.82, 2.24) is 0 Å². The summed E-state index contributed by atoms with van der Waals surface area (Å²) in [5.74, 6) is 0.837. The first-order valence-electron chi connectivity index (χ1n) is 8.70. The molecule has 1 aliphatic rings. The van der Waals surface area contributed by atoms with Crippen molar-refractivity contribution in [2.24, 2.45) is 0 Å². The zero-order valence-corrected chi connectivity index (χ0v) is 15.3. The number of benzene rings is 1. The molecule has 0 aliphatic heterocycles. The Hall–Kier alpha value is -1.58. The number of hydrogen-bond acceptors (Lipinski definition) is 3. The Morgan fingerprint density at radius 2 is 1.75 bits per heavy atom. The van der Waals surface area contributed by atoms with Crippen LogP contribution in [0.25, 0.3) is 0 Å². The summed E-state index contributed by atoms with van der Waals surface area (Å²) in [6, 6.07) is 10.3. The first kappa shape index (κ1) is 18.8. The molecular weight excluding hydrogens is 300 g/mol. The molecule has 0 fully saturated rings. The lowest BCUT2D eigenvalue weighted by Crippen LogP contribution is -2.46. The van der Waals surface area contributed by atoms with E-state index in [1.165, 1.54) is 5.56 Å². The molecule has 1 aliphatic carbocycles. The summed E-state index contributed by atoms with van der Waals surface area (Å²) in [7, 11) is 0. The van der Waals surface area contributed by atoms with Crippen molar-refractivity contribution in [3.63, 3.8) is 0 Å². The maximum atomic E-state index is 10.2. The Balaban J connectivity index is 1.87. The lowest BCUT2D eigenvalue weighted by Gasteiger charge is -2.42. The van der Waals surface area contributed by atoms with Crippen LogP contribution in [0.1, 0.15) is 46.1 Å². The first-order valence-corrected chi connectivity index (χ1v) is 8.70. The second-order valence-electron chi connectivity index (χ2n) is 7.36. The Bertz CT molecular complexity index is 570. The summed E-state index contributed by atoms with van der Waals surface area (Å²) >= 11 is 0. The molecule has 0 aromatic heterocycles. The predicted molar refractivity (Wildman–Crippen MR) is 97.9 cm³/mol. The van der Waals surface area contributed by atoms with E-state index in [9.17, 15) is 5.11 Å². The molecule has 3 nitrogen and oxygen atoms in total. The van der Waals surface area contributed by atoms with Gasteiger partial charge >= 0.3 is 0 Å². The third kappa shape index (κ3) is 4.71. The van der Waals surface area contributed by atoms with Crippen LogP contribution in [0.3, 0.4) is 0 Å². The SMILES string of the molecule is CC(C)(OCC(O)COC1=CCCC=C1)C(C)(C)c1ccccc1. The van der Waals surface area contributed by atoms with Crippen LogP contribution in [-0.4, -0.2) is 30.0 Å². The predicted octanol–water partition coefficient (Wildman–Crippen LogP) is 4.37. The van der Waals surface area contributed by atoms with Crippen molar-refractivity contribution in [1.29, 1.82) is 0 Å². The summed E-state index contributed by atoms with van der Waals surface area (Å²) in [5, 5.41) is 10.2. The average Bonchev–Trinajstić information content (AvgIpc) is 2.59. The fourth-order valence-corrected chi connectivity index (χ4v) is 2.62. The topological polar surface area (TPSA) is 38.7 Å². The number of rotatable bonds is 8. The van der Waals surface area contributed by atoms with E-state index in [1.807, 2.05) is 24.3 Å². The van der Waals surface area contributed by atoms with E-state index < -0.39 is 11.7 Å². The Morgan fingerprint density at radius 1 is 1.04 bits per heavy atom. The Morgan fingerprint density at radius 3 is 2.38 bits per heavy atom.